The lowest BCUT2D eigenvalue weighted by Gasteiger charge is -2.45. The summed E-state index contributed by atoms with van der Waals surface area (Å²) in [7, 11) is 0. The van der Waals surface area contributed by atoms with Crippen LogP contribution >= 0.6 is 11.3 Å². The van der Waals surface area contributed by atoms with E-state index in [1.807, 2.05) is 0 Å². The van der Waals surface area contributed by atoms with Crippen molar-refractivity contribution in [2.45, 2.75) is 44.8 Å². The molecule has 1 aromatic rings. The minimum atomic E-state index is -0.249. The van der Waals surface area contributed by atoms with Crippen molar-refractivity contribution >= 4 is 11.3 Å². The number of likely N-dealkylation sites (tertiary alicyclic amines) is 1. The molecule has 130 valence electrons. The number of hydrogen-bond donors (Lipinski definition) is 1. The molecule has 1 aromatic heterocycles. The fourth-order valence-corrected chi connectivity index (χ4v) is 5.15. The van der Waals surface area contributed by atoms with Gasteiger partial charge in [-0.2, -0.15) is 0 Å². The van der Waals surface area contributed by atoms with E-state index in [0.717, 1.165) is 52.4 Å². The van der Waals surface area contributed by atoms with Crippen molar-refractivity contribution in [2.24, 2.45) is 0 Å². The molecule has 2 atom stereocenters. The van der Waals surface area contributed by atoms with Crippen LogP contribution in [0.25, 0.3) is 0 Å². The molecule has 23 heavy (non-hydrogen) atoms. The van der Waals surface area contributed by atoms with Gasteiger partial charge in [0.05, 0.1) is 19.3 Å². The quantitative estimate of drug-likeness (QED) is 0.914. The van der Waals surface area contributed by atoms with Crippen LogP contribution < -0.4 is 0 Å². The molecular weight excluding hydrogens is 308 g/mol. The number of rotatable bonds is 4. The molecule has 3 heterocycles. The van der Waals surface area contributed by atoms with Crippen molar-refractivity contribution < 1.29 is 9.84 Å². The average molecular weight is 339 g/mol. The monoisotopic (exact) mass is 338 g/mol. The van der Waals surface area contributed by atoms with Gasteiger partial charge >= 0.3 is 0 Å². The lowest BCUT2D eigenvalue weighted by atomic mass is 9.89. The van der Waals surface area contributed by atoms with E-state index in [2.05, 4.69) is 42.0 Å². The molecule has 0 unspecified atom stereocenters. The van der Waals surface area contributed by atoms with Crippen LogP contribution in [0.3, 0.4) is 0 Å². The zero-order chi connectivity index (χ0) is 16.4. The summed E-state index contributed by atoms with van der Waals surface area (Å²) in [6.07, 6.45) is 0.809. The number of thiophene rings is 1. The summed E-state index contributed by atoms with van der Waals surface area (Å²) in [5, 5.41) is 12.8. The third kappa shape index (κ3) is 3.97. The maximum atomic E-state index is 10.7. The van der Waals surface area contributed by atoms with Crippen LogP contribution in [0.5, 0.6) is 0 Å². The van der Waals surface area contributed by atoms with Crippen molar-refractivity contribution in [3.05, 3.63) is 21.9 Å². The summed E-state index contributed by atoms with van der Waals surface area (Å²) in [5.41, 5.74) is 1.47. The van der Waals surface area contributed by atoms with E-state index in [9.17, 15) is 5.11 Å². The highest BCUT2D eigenvalue weighted by Gasteiger charge is 2.35. The van der Waals surface area contributed by atoms with E-state index < -0.39 is 0 Å². The van der Waals surface area contributed by atoms with Gasteiger partial charge in [-0.25, -0.2) is 0 Å². The fraction of sp³-hybridized carbons (Fsp3) is 0.778. The predicted molar refractivity (Wildman–Crippen MR) is 95.3 cm³/mol. The highest BCUT2D eigenvalue weighted by molar-refractivity contribution is 7.10. The SMILES string of the molecule is Cc1ccsc1[C@@H]1CCN(CC(C)(C)N2CCOCC2)C[C@H]1O. The van der Waals surface area contributed by atoms with E-state index in [-0.39, 0.29) is 11.6 Å². The predicted octanol–water partition coefficient (Wildman–Crippen LogP) is 2.32. The van der Waals surface area contributed by atoms with Crippen molar-refractivity contribution in [3.63, 3.8) is 0 Å². The van der Waals surface area contributed by atoms with Gasteiger partial charge in [0.2, 0.25) is 0 Å². The minimum Gasteiger partial charge on any atom is -0.391 e. The molecule has 2 saturated heterocycles. The average Bonchev–Trinajstić information content (AvgIpc) is 2.94. The first-order valence-electron chi connectivity index (χ1n) is 8.74. The molecule has 2 fully saturated rings. The van der Waals surface area contributed by atoms with Gasteiger partial charge < -0.3 is 9.84 Å². The van der Waals surface area contributed by atoms with Crippen LogP contribution in [-0.4, -0.2) is 72.5 Å². The van der Waals surface area contributed by atoms with Crippen LogP contribution in [0, 0.1) is 6.92 Å². The van der Waals surface area contributed by atoms with E-state index >= 15 is 0 Å². The van der Waals surface area contributed by atoms with Crippen LogP contribution in [0.4, 0.5) is 0 Å². The van der Waals surface area contributed by atoms with Gasteiger partial charge in [-0.1, -0.05) is 0 Å². The summed E-state index contributed by atoms with van der Waals surface area (Å²) >= 11 is 1.80. The Morgan fingerprint density at radius 2 is 2.04 bits per heavy atom. The molecule has 0 saturated carbocycles. The maximum absolute atomic E-state index is 10.7. The molecule has 4 nitrogen and oxygen atoms in total. The molecule has 2 aliphatic rings. The lowest BCUT2D eigenvalue weighted by Crippen LogP contribution is -2.57. The van der Waals surface area contributed by atoms with E-state index in [1.54, 1.807) is 11.3 Å². The van der Waals surface area contributed by atoms with Gasteiger partial charge in [0.1, 0.15) is 0 Å². The summed E-state index contributed by atoms with van der Waals surface area (Å²) in [5.74, 6) is 0.317. The Morgan fingerprint density at radius 1 is 1.30 bits per heavy atom. The number of ether oxygens (including phenoxy) is 1. The topological polar surface area (TPSA) is 35.9 Å². The summed E-state index contributed by atoms with van der Waals surface area (Å²) < 4.78 is 5.47. The first-order chi connectivity index (χ1) is 11.0. The highest BCUT2D eigenvalue weighted by Crippen LogP contribution is 2.34. The number of aliphatic hydroxyl groups excluding tert-OH is 1. The number of morpholine rings is 1. The molecule has 0 aromatic carbocycles. The first kappa shape index (κ1) is 17.4. The summed E-state index contributed by atoms with van der Waals surface area (Å²) in [6, 6.07) is 2.17. The second kappa shape index (κ2) is 7.19. The van der Waals surface area contributed by atoms with E-state index in [4.69, 9.17) is 4.74 Å². The van der Waals surface area contributed by atoms with Crippen molar-refractivity contribution in [3.8, 4) is 0 Å². The Morgan fingerprint density at radius 3 is 2.65 bits per heavy atom. The van der Waals surface area contributed by atoms with E-state index in [0.29, 0.717) is 5.92 Å². The summed E-state index contributed by atoms with van der Waals surface area (Å²) in [6.45, 7) is 13.4. The normalized spacial score (nSPS) is 28.2. The lowest BCUT2D eigenvalue weighted by molar-refractivity contribution is -0.0333. The van der Waals surface area contributed by atoms with Gasteiger partial charge in [-0.3, -0.25) is 9.80 Å². The molecule has 5 heteroatoms. The van der Waals surface area contributed by atoms with Crippen LogP contribution in [0.1, 0.15) is 36.6 Å². The standard InChI is InChI=1S/C18H30N2O2S/c1-14-5-11-23-17(14)15-4-6-19(12-16(15)21)13-18(2,3)20-7-9-22-10-8-20/h5,11,15-16,21H,4,6-10,12-13H2,1-3H3/t15-,16-/m1/s1. The van der Waals surface area contributed by atoms with Gasteiger partial charge in [-0.15, -0.1) is 11.3 Å². The van der Waals surface area contributed by atoms with Crippen LogP contribution in [0.15, 0.2) is 11.4 Å². The molecule has 3 rings (SSSR count). The van der Waals surface area contributed by atoms with Gasteiger partial charge in [-0.05, 0) is 50.7 Å². The molecule has 2 aliphatic heterocycles. The summed E-state index contributed by atoms with van der Waals surface area (Å²) in [4.78, 5) is 6.35. The van der Waals surface area contributed by atoms with Gasteiger partial charge in [0.25, 0.3) is 0 Å². The third-order valence-electron chi connectivity index (χ3n) is 5.38. The Labute approximate surface area is 144 Å². The molecule has 1 N–H and O–H groups in total. The fourth-order valence-electron chi connectivity index (χ4n) is 4.03. The Hall–Kier alpha value is -0.460. The van der Waals surface area contributed by atoms with E-state index in [1.165, 1.54) is 10.4 Å². The minimum absolute atomic E-state index is 0.134. The third-order valence-corrected chi connectivity index (χ3v) is 6.53. The van der Waals surface area contributed by atoms with Crippen LogP contribution in [-0.2, 0) is 4.74 Å². The number of nitrogens with zero attached hydrogens (tertiary/aromatic N) is 2. The van der Waals surface area contributed by atoms with Crippen molar-refractivity contribution in [1.29, 1.82) is 0 Å². The smallest absolute Gasteiger partial charge is 0.0743 e. The number of aliphatic hydroxyl groups is 1. The molecule has 0 aliphatic carbocycles. The molecular formula is C18H30N2O2S. The van der Waals surface area contributed by atoms with Crippen molar-refractivity contribution in [2.75, 3.05) is 45.9 Å². The second-order valence-electron chi connectivity index (χ2n) is 7.58. The van der Waals surface area contributed by atoms with Gasteiger partial charge in [0, 0.05) is 42.5 Å². The Kier molecular flexibility index (Phi) is 5.43. The zero-order valence-corrected chi connectivity index (χ0v) is 15.4. The second-order valence-corrected chi connectivity index (χ2v) is 8.53. The zero-order valence-electron chi connectivity index (χ0n) is 14.6. The molecule has 0 bridgehead atoms. The number of hydrogen-bond acceptors (Lipinski definition) is 5. The highest BCUT2D eigenvalue weighted by atomic mass is 32.1. The number of piperidine rings is 1. The maximum Gasteiger partial charge on any atom is 0.0743 e. The molecule has 0 amide bonds. The number of β-amino-alcohol motifs (C(OH)–C–C–N with tert-alkyl or cyclic N) is 1. The van der Waals surface area contributed by atoms with Gasteiger partial charge in [0.15, 0.2) is 0 Å². The first-order valence-corrected chi connectivity index (χ1v) is 9.62. The van der Waals surface area contributed by atoms with Crippen molar-refractivity contribution in [1.82, 2.24) is 9.80 Å². The Balaban J connectivity index is 1.58. The number of aryl methyl sites for hydroxylation is 1. The van der Waals surface area contributed by atoms with Crippen LogP contribution in [0.2, 0.25) is 0 Å². The largest absolute Gasteiger partial charge is 0.391 e. The molecule has 0 spiro atoms. The Bertz CT molecular complexity index is 511. The molecule has 0 radical (unpaired) electrons.